The van der Waals surface area contributed by atoms with Gasteiger partial charge in [0.05, 0.1) is 24.9 Å². The van der Waals surface area contributed by atoms with Gasteiger partial charge in [0.25, 0.3) is 0 Å². The zero-order chi connectivity index (χ0) is 26.1. The number of hydrogen-bond acceptors (Lipinski definition) is 9. The molecule has 3 heterocycles. The number of amides is 1. The van der Waals surface area contributed by atoms with Crippen LogP contribution in [0.3, 0.4) is 0 Å². The van der Waals surface area contributed by atoms with Crippen LogP contribution in [-0.4, -0.2) is 60.0 Å². The van der Waals surface area contributed by atoms with E-state index < -0.39 is 36.2 Å². The second kappa shape index (κ2) is 9.84. The van der Waals surface area contributed by atoms with Gasteiger partial charge in [0, 0.05) is 30.7 Å². The number of aromatic amines is 1. The number of nitrogens with one attached hydrogen (secondary N) is 1. The molecule has 11 heteroatoms. The smallest absolute Gasteiger partial charge is 0.414 e. The Kier molecular flexibility index (Phi) is 6.43. The number of rotatable bonds is 5. The van der Waals surface area contributed by atoms with Crippen LogP contribution in [0, 0.1) is 0 Å². The lowest BCUT2D eigenvalue weighted by Gasteiger charge is -2.34. The second-order valence-corrected chi connectivity index (χ2v) is 8.79. The predicted molar refractivity (Wildman–Crippen MR) is 128 cm³/mol. The minimum absolute atomic E-state index is 0.0128. The fourth-order valence-corrected chi connectivity index (χ4v) is 4.57. The average Bonchev–Trinajstić information content (AvgIpc) is 3.55. The van der Waals surface area contributed by atoms with Crippen molar-refractivity contribution in [3.05, 3.63) is 59.3 Å². The lowest BCUT2D eigenvalue weighted by atomic mass is 9.95. The number of ether oxygens (including phenoxy) is 4. The Morgan fingerprint density at radius 1 is 1.19 bits per heavy atom. The van der Waals surface area contributed by atoms with E-state index in [1.54, 1.807) is 0 Å². The van der Waals surface area contributed by atoms with Crippen LogP contribution in [0.2, 0.25) is 0 Å². The zero-order valence-corrected chi connectivity index (χ0v) is 19.9. The normalized spacial score (nSPS) is 18.7. The molecule has 2 aliphatic heterocycles. The first-order valence-electron chi connectivity index (χ1n) is 11.7. The summed E-state index contributed by atoms with van der Waals surface area (Å²) in [5, 5.41) is 11.1. The Morgan fingerprint density at radius 3 is 2.68 bits per heavy atom. The molecule has 2 atom stereocenters. The number of anilines is 1. The van der Waals surface area contributed by atoms with Gasteiger partial charge in [0.2, 0.25) is 0 Å². The summed E-state index contributed by atoms with van der Waals surface area (Å²) in [5.41, 5.74) is 2.08. The van der Waals surface area contributed by atoms with E-state index in [9.17, 15) is 24.3 Å². The Balaban J connectivity index is 1.48. The van der Waals surface area contributed by atoms with Gasteiger partial charge in [-0.25, -0.2) is 14.4 Å². The van der Waals surface area contributed by atoms with Crippen molar-refractivity contribution in [1.29, 1.82) is 0 Å². The van der Waals surface area contributed by atoms with Crippen molar-refractivity contribution in [3.63, 3.8) is 0 Å². The topological polar surface area (TPSA) is 144 Å². The van der Waals surface area contributed by atoms with Gasteiger partial charge in [-0.05, 0) is 17.2 Å². The third-order valence-electron chi connectivity index (χ3n) is 6.35. The first-order chi connectivity index (χ1) is 17.8. The van der Waals surface area contributed by atoms with Gasteiger partial charge < -0.3 is 29.0 Å². The molecule has 1 saturated heterocycles. The van der Waals surface area contributed by atoms with Gasteiger partial charge in [0.1, 0.15) is 24.2 Å². The quantitative estimate of drug-likeness (QED) is 0.392. The number of aromatic hydroxyl groups is 1. The lowest BCUT2D eigenvalue weighted by Crippen LogP contribution is -2.45. The summed E-state index contributed by atoms with van der Waals surface area (Å²) in [7, 11) is 1.24. The van der Waals surface area contributed by atoms with E-state index in [0.29, 0.717) is 16.6 Å². The summed E-state index contributed by atoms with van der Waals surface area (Å²) < 4.78 is 21.0. The first-order valence-corrected chi connectivity index (χ1v) is 11.7. The fourth-order valence-electron chi connectivity index (χ4n) is 4.57. The minimum Gasteiger partial charge on any atom is -0.506 e. The van der Waals surface area contributed by atoms with Gasteiger partial charge >= 0.3 is 24.0 Å². The maximum atomic E-state index is 13.2. The molecule has 2 N–H and O–H groups in total. The van der Waals surface area contributed by atoms with Crippen LogP contribution in [0.25, 0.3) is 10.9 Å². The molecule has 0 spiro atoms. The number of H-pyrrole nitrogens is 1. The number of methoxy groups -OCH3 is 1. The average molecular weight is 508 g/mol. The molecule has 37 heavy (non-hydrogen) atoms. The van der Waals surface area contributed by atoms with E-state index in [-0.39, 0.29) is 49.4 Å². The largest absolute Gasteiger partial charge is 0.506 e. The molecule has 11 nitrogen and oxygen atoms in total. The van der Waals surface area contributed by atoms with Gasteiger partial charge in [0.15, 0.2) is 6.10 Å². The molecule has 0 saturated carbocycles. The monoisotopic (exact) mass is 508 g/mol. The van der Waals surface area contributed by atoms with E-state index in [0.717, 1.165) is 5.56 Å². The van der Waals surface area contributed by atoms with Crippen molar-refractivity contribution in [2.75, 3.05) is 18.6 Å². The Morgan fingerprint density at radius 2 is 1.97 bits per heavy atom. The Bertz CT molecular complexity index is 1380. The molecule has 192 valence electrons. The highest BCUT2D eigenvalue weighted by atomic mass is 16.6. The summed E-state index contributed by atoms with van der Waals surface area (Å²) >= 11 is 0. The van der Waals surface area contributed by atoms with Crippen LogP contribution in [0.5, 0.6) is 5.75 Å². The van der Waals surface area contributed by atoms with Crippen molar-refractivity contribution in [1.82, 2.24) is 4.98 Å². The second-order valence-electron chi connectivity index (χ2n) is 8.79. The fraction of sp³-hybridized carbons (Fsp3) is 0.308. The predicted octanol–water partition coefficient (Wildman–Crippen LogP) is 2.98. The molecule has 3 aromatic rings. The number of phenols is 1. The standard InChI is InChI=1S/C26H24N2O9/c1-34-24(31)18-10-17-16-9-15(36-25(32)21-7-8-22(30)37-21)12-28(19(16)11-20(29)23(17)27-18)26(33)35-13-14-5-3-2-4-6-14/h2-6,10-11,15,21,27,29H,7-9,12-13H2,1H3/t15?,21-/m0/s1. The summed E-state index contributed by atoms with van der Waals surface area (Å²) in [6.07, 6.45) is -1.97. The zero-order valence-electron chi connectivity index (χ0n) is 19.9. The summed E-state index contributed by atoms with van der Waals surface area (Å²) in [6, 6.07) is 12.0. The van der Waals surface area contributed by atoms with Crippen LogP contribution in [0.15, 0.2) is 42.5 Å². The van der Waals surface area contributed by atoms with E-state index in [1.807, 2.05) is 30.3 Å². The highest BCUT2D eigenvalue weighted by molar-refractivity contribution is 6.03. The highest BCUT2D eigenvalue weighted by Gasteiger charge is 2.37. The number of benzene rings is 2. The van der Waals surface area contributed by atoms with Gasteiger partial charge in [-0.3, -0.25) is 9.69 Å². The number of hydrogen-bond donors (Lipinski definition) is 2. The summed E-state index contributed by atoms with van der Waals surface area (Å²) in [4.78, 5) is 53.5. The van der Waals surface area contributed by atoms with Crippen LogP contribution in [0.1, 0.15) is 34.5 Å². The van der Waals surface area contributed by atoms with Crippen molar-refractivity contribution in [3.8, 4) is 5.75 Å². The van der Waals surface area contributed by atoms with Gasteiger partial charge in [-0.2, -0.15) is 0 Å². The summed E-state index contributed by atoms with van der Waals surface area (Å²) in [6.45, 7) is -0.0366. The molecule has 2 aliphatic rings. The van der Waals surface area contributed by atoms with Crippen LogP contribution in [0.4, 0.5) is 10.5 Å². The number of aromatic nitrogens is 1. The Hall–Kier alpha value is -4.54. The molecule has 0 aliphatic carbocycles. The molecule has 5 rings (SSSR count). The third kappa shape index (κ3) is 4.80. The van der Waals surface area contributed by atoms with E-state index in [2.05, 4.69) is 4.98 Å². The van der Waals surface area contributed by atoms with E-state index in [4.69, 9.17) is 18.9 Å². The Labute approximate surface area is 210 Å². The number of carbonyl (C=O) groups excluding carboxylic acids is 4. The molecule has 2 aromatic carbocycles. The summed E-state index contributed by atoms with van der Waals surface area (Å²) in [5.74, 6) is -1.98. The molecular formula is C26H24N2O9. The number of phenolic OH excluding ortho intramolecular Hbond substituents is 1. The third-order valence-corrected chi connectivity index (χ3v) is 6.35. The molecule has 0 radical (unpaired) electrons. The number of carbonyl (C=O) groups is 4. The van der Waals surface area contributed by atoms with Crippen molar-refractivity contribution >= 4 is 40.6 Å². The maximum Gasteiger partial charge on any atom is 0.414 e. The molecule has 1 fully saturated rings. The number of esters is 3. The van der Waals surface area contributed by atoms with Gasteiger partial charge in [-0.1, -0.05) is 30.3 Å². The lowest BCUT2D eigenvalue weighted by molar-refractivity contribution is -0.165. The molecule has 1 amide bonds. The SMILES string of the molecule is COC(=O)c1cc2c3c(cc(O)c2[nH]1)N(C(=O)OCc1ccccc1)CC(OC(=O)[C@@H]1CCC(=O)O1)C3. The minimum atomic E-state index is -0.995. The van der Waals surface area contributed by atoms with Crippen LogP contribution >= 0.6 is 0 Å². The number of fused-ring (bicyclic) bond motifs is 3. The van der Waals surface area contributed by atoms with Crippen LogP contribution < -0.4 is 4.90 Å². The molecule has 1 aromatic heterocycles. The van der Waals surface area contributed by atoms with Crippen molar-refractivity contribution in [2.24, 2.45) is 0 Å². The molecule has 0 bridgehead atoms. The van der Waals surface area contributed by atoms with E-state index in [1.165, 1.54) is 24.1 Å². The van der Waals surface area contributed by atoms with Crippen molar-refractivity contribution in [2.45, 2.75) is 38.1 Å². The molecular weight excluding hydrogens is 484 g/mol. The maximum absolute atomic E-state index is 13.2. The van der Waals surface area contributed by atoms with Gasteiger partial charge in [-0.15, -0.1) is 0 Å². The first kappa shape index (κ1) is 24.2. The van der Waals surface area contributed by atoms with Crippen molar-refractivity contribution < 1.29 is 43.2 Å². The van der Waals surface area contributed by atoms with E-state index >= 15 is 0 Å². The van der Waals surface area contributed by atoms with Crippen LogP contribution in [-0.2, 0) is 41.6 Å². The number of cyclic esters (lactones) is 1. The highest BCUT2D eigenvalue weighted by Crippen LogP contribution is 2.40. The number of nitrogens with zero attached hydrogens (tertiary/aromatic N) is 1. The molecule has 1 unspecified atom stereocenters.